The molecular weight excluding hydrogens is 256 g/mol. The Morgan fingerprint density at radius 1 is 1.40 bits per heavy atom. The van der Waals surface area contributed by atoms with Crippen molar-refractivity contribution >= 4 is 0 Å². The molecule has 6 heteroatoms. The van der Waals surface area contributed by atoms with E-state index in [2.05, 4.69) is 28.8 Å². The summed E-state index contributed by atoms with van der Waals surface area (Å²) in [6.07, 6.45) is 3.56. The number of aromatic nitrogens is 3. The average molecular weight is 282 g/mol. The molecule has 2 heterocycles. The van der Waals surface area contributed by atoms with Crippen LogP contribution >= 0.6 is 0 Å². The van der Waals surface area contributed by atoms with E-state index in [4.69, 9.17) is 4.74 Å². The zero-order valence-corrected chi connectivity index (χ0v) is 12.5. The zero-order valence-electron chi connectivity index (χ0n) is 12.5. The monoisotopic (exact) mass is 282 g/mol. The van der Waals surface area contributed by atoms with E-state index in [0.717, 1.165) is 44.8 Å². The molecule has 1 aliphatic heterocycles. The highest BCUT2D eigenvalue weighted by atomic mass is 16.5. The normalized spacial score (nSPS) is 22.1. The molecule has 0 aromatic carbocycles. The van der Waals surface area contributed by atoms with Gasteiger partial charge >= 0.3 is 0 Å². The van der Waals surface area contributed by atoms with E-state index in [1.165, 1.54) is 0 Å². The van der Waals surface area contributed by atoms with Crippen molar-refractivity contribution in [3.05, 3.63) is 12.2 Å². The molecule has 1 saturated heterocycles. The smallest absolute Gasteiger partial charge is 0.138 e. The van der Waals surface area contributed by atoms with E-state index >= 15 is 0 Å². The number of rotatable bonds is 7. The largest absolute Gasteiger partial charge is 0.390 e. The second kappa shape index (κ2) is 7.71. The Kier molecular flexibility index (Phi) is 5.94. The third kappa shape index (κ3) is 4.01. The first kappa shape index (κ1) is 15.4. The molecule has 2 unspecified atom stereocenters. The minimum Gasteiger partial charge on any atom is -0.390 e. The van der Waals surface area contributed by atoms with Crippen molar-refractivity contribution < 1.29 is 9.84 Å². The fourth-order valence-electron chi connectivity index (χ4n) is 2.65. The molecule has 2 atom stereocenters. The zero-order chi connectivity index (χ0) is 14.4. The van der Waals surface area contributed by atoms with Crippen LogP contribution in [0.4, 0.5) is 0 Å². The lowest BCUT2D eigenvalue weighted by Crippen LogP contribution is -2.48. The molecule has 0 bridgehead atoms. The van der Waals surface area contributed by atoms with Gasteiger partial charge in [0, 0.05) is 26.1 Å². The van der Waals surface area contributed by atoms with Gasteiger partial charge in [-0.05, 0) is 19.4 Å². The van der Waals surface area contributed by atoms with Gasteiger partial charge in [0.2, 0.25) is 0 Å². The van der Waals surface area contributed by atoms with Crippen molar-refractivity contribution in [1.29, 1.82) is 0 Å². The van der Waals surface area contributed by atoms with Gasteiger partial charge in [-0.3, -0.25) is 9.58 Å². The second-order valence-corrected chi connectivity index (χ2v) is 5.38. The summed E-state index contributed by atoms with van der Waals surface area (Å²) in [5.74, 6) is 0.843. The first-order valence-corrected chi connectivity index (χ1v) is 7.63. The molecule has 0 saturated carbocycles. The number of ether oxygens (including phenoxy) is 1. The highest BCUT2D eigenvalue weighted by Gasteiger charge is 2.27. The number of hydrogen-bond acceptors (Lipinski definition) is 5. The van der Waals surface area contributed by atoms with Crippen LogP contribution in [0, 0.1) is 0 Å². The molecule has 0 spiro atoms. The lowest BCUT2D eigenvalue weighted by atomic mass is 10.1. The summed E-state index contributed by atoms with van der Waals surface area (Å²) < 4.78 is 7.59. The number of hydrogen-bond donors (Lipinski definition) is 1. The third-order valence-electron chi connectivity index (χ3n) is 3.67. The van der Waals surface area contributed by atoms with E-state index in [1.807, 2.05) is 4.68 Å². The van der Waals surface area contributed by atoms with Gasteiger partial charge in [0.05, 0.1) is 18.8 Å². The molecule has 1 fully saturated rings. The Bertz CT molecular complexity index is 394. The van der Waals surface area contributed by atoms with Crippen LogP contribution in [-0.2, 0) is 17.7 Å². The van der Waals surface area contributed by atoms with Crippen molar-refractivity contribution in [2.75, 3.05) is 26.2 Å². The number of nitrogens with zero attached hydrogens (tertiary/aromatic N) is 4. The number of aryl methyl sites for hydroxylation is 1. The molecular formula is C14H26N4O2. The lowest BCUT2D eigenvalue weighted by Gasteiger charge is -2.35. The standard InChI is InChI=1S/C14H26N4O2/c1-3-5-17-7-8-20-13(10-17)12(19)9-14-15-11-16-18(14)6-4-2/h11-13,19H,3-10H2,1-2H3. The summed E-state index contributed by atoms with van der Waals surface area (Å²) in [6.45, 7) is 8.65. The van der Waals surface area contributed by atoms with Gasteiger partial charge in [0.15, 0.2) is 0 Å². The molecule has 1 aromatic rings. The van der Waals surface area contributed by atoms with Crippen molar-refractivity contribution in [2.24, 2.45) is 0 Å². The molecule has 0 radical (unpaired) electrons. The number of aliphatic hydroxyl groups is 1. The molecule has 114 valence electrons. The van der Waals surface area contributed by atoms with Crippen molar-refractivity contribution in [1.82, 2.24) is 19.7 Å². The minimum atomic E-state index is -0.519. The van der Waals surface area contributed by atoms with Gasteiger partial charge in [0.1, 0.15) is 12.2 Å². The van der Waals surface area contributed by atoms with Crippen LogP contribution in [0.25, 0.3) is 0 Å². The Morgan fingerprint density at radius 3 is 2.95 bits per heavy atom. The summed E-state index contributed by atoms with van der Waals surface area (Å²) in [5, 5.41) is 14.6. The minimum absolute atomic E-state index is 0.123. The fourth-order valence-corrected chi connectivity index (χ4v) is 2.65. The van der Waals surface area contributed by atoms with Gasteiger partial charge in [-0.25, -0.2) is 4.98 Å². The molecule has 20 heavy (non-hydrogen) atoms. The molecule has 0 amide bonds. The predicted molar refractivity (Wildman–Crippen MR) is 76.5 cm³/mol. The predicted octanol–water partition coefficient (Wildman–Crippen LogP) is 0.702. The van der Waals surface area contributed by atoms with Gasteiger partial charge < -0.3 is 9.84 Å². The van der Waals surface area contributed by atoms with Crippen LogP contribution in [0.5, 0.6) is 0 Å². The molecule has 0 aliphatic carbocycles. The highest BCUT2D eigenvalue weighted by molar-refractivity contribution is 4.91. The Morgan fingerprint density at radius 2 is 2.20 bits per heavy atom. The van der Waals surface area contributed by atoms with E-state index in [9.17, 15) is 5.11 Å². The van der Waals surface area contributed by atoms with Gasteiger partial charge in [-0.2, -0.15) is 5.10 Å². The van der Waals surface area contributed by atoms with Crippen LogP contribution in [0.3, 0.4) is 0 Å². The maximum atomic E-state index is 10.4. The van der Waals surface area contributed by atoms with Crippen LogP contribution < -0.4 is 0 Å². The Balaban J connectivity index is 1.90. The summed E-state index contributed by atoms with van der Waals surface area (Å²) in [7, 11) is 0. The Hall–Kier alpha value is -0.980. The summed E-state index contributed by atoms with van der Waals surface area (Å²) in [6, 6.07) is 0. The van der Waals surface area contributed by atoms with Crippen LogP contribution in [-0.4, -0.2) is 63.2 Å². The maximum Gasteiger partial charge on any atom is 0.138 e. The van der Waals surface area contributed by atoms with Crippen LogP contribution in [0.2, 0.25) is 0 Å². The van der Waals surface area contributed by atoms with Gasteiger partial charge in [-0.1, -0.05) is 13.8 Å². The van der Waals surface area contributed by atoms with Gasteiger partial charge in [-0.15, -0.1) is 0 Å². The number of aliphatic hydroxyl groups excluding tert-OH is 1. The fraction of sp³-hybridized carbons (Fsp3) is 0.857. The topological polar surface area (TPSA) is 63.4 Å². The molecule has 6 nitrogen and oxygen atoms in total. The van der Waals surface area contributed by atoms with E-state index < -0.39 is 6.10 Å². The van der Waals surface area contributed by atoms with E-state index in [0.29, 0.717) is 13.0 Å². The summed E-state index contributed by atoms with van der Waals surface area (Å²) in [4.78, 5) is 6.60. The average Bonchev–Trinajstić information content (AvgIpc) is 2.87. The summed E-state index contributed by atoms with van der Waals surface area (Å²) in [5.41, 5.74) is 0. The highest BCUT2D eigenvalue weighted by Crippen LogP contribution is 2.13. The van der Waals surface area contributed by atoms with Gasteiger partial charge in [0.25, 0.3) is 0 Å². The molecule has 2 rings (SSSR count). The molecule has 1 N–H and O–H groups in total. The van der Waals surface area contributed by atoms with Crippen molar-refractivity contribution in [3.8, 4) is 0 Å². The molecule has 1 aliphatic rings. The first-order chi connectivity index (χ1) is 9.74. The maximum absolute atomic E-state index is 10.4. The van der Waals surface area contributed by atoms with Crippen LogP contribution in [0.1, 0.15) is 32.5 Å². The summed E-state index contributed by atoms with van der Waals surface area (Å²) >= 11 is 0. The van der Waals surface area contributed by atoms with E-state index in [1.54, 1.807) is 6.33 Å². The molecule has 1 aromatic heterocycles. The SMILES string of the molecule is CCCN1CCOC(C(O)Cc2ncnn2CCC)C1. The van der Waals surface area contributed by atoms with Crippen molar-refractivity contribution in [3.63, 3.8) is 0 Å². The van der Waals surface area contributed by atoms with Crippen LogP contribution in [0.15, 0.2) is 6.33 Å². The third-order valence-corrected chi connectivity index (χ3v) is 3.67. The number of morpholine rings is 1. The second-order valence-electron chi connectivity index (χ2n) is 5.38. The quantitative estimate of drug-likeness (QED) is 0.797. The first-order valence-electron chi connectivity index (χ1n) is 7.63. The lowest BCUT2D eigenvalue weighted by molar-refractivity contribution is -0.0884. The van der Waals surface area contributed by atoms with E-state index in [-0.39, 0.29) is 6.10 Å². The Labute approximate surface area is 120 Å². The van der Waals surface area contributed by atoms with Crippen molar-refractivity contribution in [2.45, 2.75) is 51.9 Å².